The van der Waals surface area contributed by atoms with Crippen LogP contribution in [-0.4, -0.2) is 20.8 Å². The number of hydrogen-bond donors (Lipinski definition) is 0. The molecule has 1 heterocycles. The van der Waals surface area contributed by atoms with Crippen LogP contribution >= 0.6 is 15.9 Å². The third kappa shape index (κ3) is 2.95. The second kappa shape index (κ2) is 6.32. The highest BCUT2D eigenvalue weighted by molar-refractivity contribution is 9.10. The Morgan fingerprint density at radius 1 is 1.29 bits per heavy atom. The summed E-state index contributed by atoms with van der Waals surface area (Å²) in [5.74, 6) is 0.432. The van der Waals surface area contributed by atoms with Gasteiger partial charge in [0.15, 0.2) is 0 Å². The smallest absolute Gasteiger partial charge is 0.267 e. The molecular formula is C16H11BrN4O3. The van der Waals surface area contributed by atoms with Crippen LogP contribution in [0.25, 0.3) is 10.9 Å². The topological polar surface area (TPSA) is 90.4 Å². The first-order chi connectivity index (χ1) is 11.5. The maximum atomic E-state index is 12.5. The molecule has 0 fully saturated rings. The van der Waals surface area contributed by atoms with E-state index in [1.165, 1.54) is 17.0 Å². The molecule has 3 aromatic rings. The van der Waals surface area contributed by atoms with Crippen molar-refractivity contribution in [3.63, 3.8) is 0 Å². The first-order valence-electron chi connectivity index (χ1n) is 6.94. The molecule has 0 N–H and O–H groups in total. The van der Waals surface area contributed by atoms with Gasteiger partial charge in [-0.05, 0) is 41.1 Å². The minimum Gasteiger partial charge on any atom is -0.267 e. The molecule has 0 saturated carbocycles. The monoisotopic (exact) mass is 386 g/mol. The van der Waals surface area contributed by atoms with Crippen LogP contribution in [0.1, 0.15) is 11.4 Å². The van der Waals surface area contributed by atoms with Crippen LogP contribution in [0.2, 0.25) is 0 Å². The summed E-state index contributed by atoms with van der Waals surface area (Å²) >= 11 is 3.13. The van der Waals surface area contributed by atoms with Gasteiger partial charge in [-0.2, -0.15) is 9.78 Å². The van der Waals surface area contributed by atoms with Gasteiger partial charge < -0.3 is 0 Å². The summed E-state index contributed by atoms with van der Waals surface area (Å²) < 4.78 is 1.56. The molecule has 3 rings (SSSR count). The molecule has 8 heteroatoms. The van der Waals surface area contributed by atoms with Gasteiger partial charge in [0.25, 0.3) is 11.2 Å². The zero-order valence-corrected chi connectivity index (χ0v) is 14.1. The van der Waals surface area contributed by atoms with Gasteiger partial charge in [0.2, 0.25) is 0 Å². The van der Waals surface area contributed by atoms with E-state index < -0.39 is 4.92 Å². The number of para-hydroxylation sites is 1. The molecule has 1 aromatic heterocycles. The highest BCUT2D eigenvalue weighted by Gasteiger charge is 2.12. The quantitative estimate of drug-likeness (QED) is 0.392. The Balaban J connectivity index is 2.07. The fourth-order valence-corrected chi connectivity index (χ4v) is 2.64. The number of halogens is 1. The zero-order chi connectivity index (χ0) is 17.3. The normalized spacial score (nSPS) is 11.2. The Hall–Kier alpha value is -2.87. The van der Waals surface area contributed by atoms with Crippen molar-refractivity contribution in [2.75, 3.05) is 0 Å². The number of hydrogen-bond acceptors (Lipinski definition) is 5. The lowest BCUT2D eigenvalue weighted by atomic mass is 10.2. The predicted molar refractivity (Wildman–Crippen MR) is 94.5 cm³/mol. The van der Waals surface area contributed by atoms with E-state index in [-0.39, 0.29) is 11.2 Å². The van der Waals surface area contributed by atoms with Crippen molar-refractivity contribution < 1.29 is 4.92 Å². The average molecular weight is 387 g/mol. The van der Waals surface area contributed by atoms with Gasteiger partial charge in [0, 0.05) is 11.6 Å². The van der Waals surface area contributed by atoms with Crippen molar-refractivity contribution in [2.24, 2.45) is 5.10 Å². The van der Waals surface area contributed by atoms with Gasteiger partial charge in [-0.15, -0.1) is 0 Å². The van der Waals surface area contributed by atoms with Gasteiger partial charge in [0.1, 0.15) is 5.82 Å². The molecule has 0 radical (unpaired) electrons. The number of benzene rings is 2. The van der Waals surface area contributed by atoms with Crippen LogP contribution in [0.15, 0.2) is 56.8 Å². The van der Waals surface area contributed by atoms with E-state index in [1.807, 2.05) is 6.07 Å². The summed E-state index contributed by atoms with van der Waals surface area (Å²) in [5.41, 5.74) is 0.746. The first-order valence-corrected chi connectivity index (χ1v) is 7.73. The summed E-state index contributed by atoms with van der Waals surface area (Å²) in [6.07, 6.45) is 1.39. The highest BCUT2D eigenvalue weighted by Crippen LogP contribution is 2.25. The van der Waals surface area contributed by atoms with Crippen LogP contribution in [0.4, 0.5) is 5.69 Å². The Morgan fingerprint density at radius 2 is 2.04 bits per heavy atom. The number of nitrogens with zero attached hydrogens (tertiary/aromatic N) is 4. The lowest BCUT2D eigenvalue weighted by Gasteiger charge is -2.05. The third-order valence-electron chi connectivity index (χ3n) is 3.40. The van der Waals surface area contributed by atoms with Crippen LogP contribution in [0.3, 0.4) is 0 Å². The standard InChI is InChI=1S/C16H11BrN4O3/c1-10-19-14-5-3-2-4-12(14)16(22)20(10)18-9-11-6-7-13(17)15(8-11)21(23)24/h2-9H,1H3/b18-9+. The lowest BCUT2D eigenvalue weighted by molar-refractivity contribution is -0.385. The van der Waals surface area contributed by atoms with Crippen molar-refractivity contribution >= 4 is 38.7 Å². The summed E-state index contributed by atoms with van der Waals surface area (Å²) in [7, 11) is 0. The molecule has 0 amide bonds. The number of nitro benzene ring substituents is 1. The van der Waals surface area contributed by atoms with E-state index in [1.54, 1.807) is 37.3 Å². The molecule has 0 aliphatic rings. The van der Waals surface area contributed by atoms with Crippen LogP contribution < -0.4 is 5.56 Å². The SMILES string of the molecule is Cc1nc2ccccc2c(=O)n1/N=C/c1ccc(Br)c([N+](=O)[O-])c1. The van der Waals surface area contributed by atoms with Crippen molar-refractivity contribution in [3.05, 3.63) is 78.8 Å². The maximum absolute atomic E-state index is 12.5. The van der Waals surface area contributed by atoms with Gasteiger partial charge >= 0.3 is 0 Å². The molecular weight excluding hydrogens is 376 g/mol. The fraction of sp³-hybridized carbons (Fsp3) is 0.0625. The van der Waals surface area contributed by atoms with Crippen molar-refractivity contribution in [2.45, 2.75) is 6.92 Å². The Bertz CT molecular complexity index is 1040. The molecule has 24 heavy (non-hydrogen) atoms. The van der Waals surface area contributed by atoms with Crippen molar-refractivity contribution in [1.82, 2.24) is 9.66 Å². The second-order valence-corrected chi connectivity index (χ2v) is 5.86. The Morgan fingerprint density at radius 3 is 2.79 bits per heavy atom. The fourth-order valence-electron chi connectivity index (χ4n) is 2.25. The van der Waals surface area contributed by atoms with Crippen molar-refractivity contribution in [1.29, 1.82) is 0 Å². The second-order valence-electron chi connectivity index (χ2n) is 5.01. The molecule has 0 saturated heterocycles. The number of rotatable bonds is 3. The van der Waals surface area contributed by atoms with E-state index in [9.17, 15) is 14.9 Å². The lowest BCUT2D eigenvalue weighted by Crippen LogP contribution is -2.20. The number of fused-ring (bicyclic) bond motifs is 1. The number of aryl methyl sites for hydroxylation is 1. The van der Waals surface area contributed by atoms with E-state index in [2.05, 4.69) is 26.0 Å². The molecule has 0 unspecified atom stereocenters. The molecule has 2 aromatic carbocycles. The summed E-state index contributed by atoms with van der Waals surface area (Å²) in [5, 5.41) is 15.6. The maximum Gasteiger partial charge on any atom is 0.284 e. The Kier molecular flexibility index (Phi) is 4.22. The molecule has 0 bridgehead atoms. The minimum absolute atomic E-state index is 0.0698. The molecule has 7 nitrogen and oxygen atoms in total. The average Bonchev–Trinajstić information content (AvgIpc) is 2.55. The third-order valence-corrected chi connectivity index (χ3v) is 4.08. The van der Waals surface area contributed by atoms with Crippen LogP contribution in [-0.2, 0) is 0 Å². The van der Waals surface area contributed by atoms with Gasteiger partial charge in [0.05, 0.1) is 26.5 Å². The highest BCUT2D eigenvalue weighted by atomic mass is 79.9. The molecule has 0 aliphatic heterocycles. The number of aromatic nitrogens is 2. The predicted octanol–water partition coefficient (Wildman–Crippen LogP) is 3.26. The molecule has 0 atom stereocenters. The minimum atomic E-state index is -0.490. The van der Waals surface area contributed by atoms with E-state index in [0.717, 1.165) is 0 Å². The summed E-state index contributed by atoms with van der Waals surface area (Å²) in [6.45, 7) is 1.68. The first kappa shape index (κ1) is 16.0. The van der Waals surface area contributed by atoms with Gasteiger partial charge in [-0.3, -0.25) is 14.9 Å². The summed E-state index contributed by atoms with van der Waals surface area (Å²) in [4.78, 5) is 27.3. The van der Waals surface area contributed by atoms with E-state index >= 15 is 0 Å². The van der Waals surface area contributed by atoms with E-state index in [0.29, 0.717) is 26.8 Å². The number of nitro groups is 1. The van der Waals surface area contributed by atoms with Crippen LogP contribution in [0.5, 0.6) is 0 Å². The van der Waals surface area contributed by atoms with Gasteiger partial charge in [-0.1, -0.05) is 18.2 Å². The Labute approximate surface area is 144 Å². The summed E-state index contributed by atoms with van der Waals surface area (Å²) in [6, 6.07) is 11.6. The van der Waals surface area contributed by atoms with Crippen LogP contribution in [0, 0.1) is 17.0 Å². The molecule has 0 spiro atoms. The van der Waals surface area contributed by atoms with Gasteiger partial charge in [-0.25, -0.2) is 4.98 Å². The molecule has 0 aliphatic carbocycles. The van der Waals surface area contributed by atoms with Crippen molar-refractivity contribution in [3.8, 4) is 0 Å². The molecule has 120 valence electrons. The largest absolute Gasteiger partial charge is 0.284 e. The zero-order valence-electron chi connectivity index (χ0n) is 12.5. The van der Waals surface area contributed by atoms with E-state index in [4.69, 9.17) is 0 Å².